The zero-order valence-corrected chi connectivity index (χ0v) is 14.0. The predicted octanol–water partition coefficient (Wildman–Crippen LogP) is 1.38. The van der Waals surface area contributed by atoms with E-state index in [1.807, 2.05) is 24.3 Å². The number of hydrogen-bond acceptors (Lipinski definition) is 7. The van der Waals surface area contributed by atoms with Crippen LogP contribution in [0, 0.1) is 0 Å². The molecule has 3 aromatic rings. The van der Waals surface area contributed by atoms with Crippen molar-refractivity contribution in [3.05, 3.63) is 30.5 Å². The summed E-state index contributed by atoms with van der Waals surface area (Å²) in [6, 6.07) is 7.38. The molecule has 1 aliphatic heterocycles. The lowest BCUT2D eigenvalue weighted by molar-refractivity contribution is 0.155. The molecule has 0 unspecified atom stereocenters. The zero-order valence-electron chi connectivity index (χ0n) is 14.0. The molecule has 4 rings (SSSR count). The Morgan fingerprint density at radius 3 is 2.85 bits per heavy atom. The quantitative estimate of drug-likeness (QED) is 0.721. The first kappa shape index (κ1) is 16.1. The Kier molecular flexibility index (Phi) is 3.99. The molecule has 0 spiro atoms. The van der Waals surface area contributed by atoms with Crippen LogP contribution in [0.4, 0.5) is 10.7 Å². The molecule has 10 heteroatoms. The lowest BCUT2D eigenvalue weighted by atomic mass is 10.3. The third-order valence-electron chi connectivity index (χ3n) is 4.30. The van der Waals surface area contributed by atoms with Crippen LogP contribution in [0.5, 0.6) is 5.75 Å². The van der Waals surface area contributed by atoms with E-state index in [0.717, 1.165) is 11.4 Å². The van der Waals surface area contributed by atoms with Crippen molar-refractivity contribution in [3.63, 3.8) is 0 Å². The van der Waals surface area contributed by atoms with Crippen LogP contribution < -0.4 is 10.1 Å². The molecular formula is C16H17N7O3. The van der Waals surface area contributed by atoms with Crippen LogP contribution in [-0.4, -0.2) is 67.3 Å². The fourth-order valence-corrected chi connectivity index (χ4v) is 2.93. The van der Waals surface area contributed by atoms with Gasteiger partial charge in [0.1, 0.15) is 5.75 Å². The van der Waals surface area contributed by atoms with E-state index in [1.165, 1.54) is 4.90 Å². The van der Waals surface area contributed by atoms with Crippen molar-refractivity contribution in [1.82, 2.24) is 29.9 Å². The number of likely N-dealkylation sites (tertiary alicyclic amines) is 1. The third-order valence-corrected chi connectivity index (χ3v) is 4.30. The molecule has 1 aromatic carbocycles. The molecule has 10 nitrogen and oxygen atoms in total. The highest BCUT2D eigenvalue weighted by Crippen LogP contribution is 2.19. The SMILES string of the molecule is COc1ccc(-n2nnc3cnc(N[C@@H]4CCN(C(=O)O)C4)nc32)cc1. The van der Waals surface area contributed by atoms with Gasteiger partial charge in [0.25, 0.3) is 0 Å². The smallest absolute Gasteiger partial charge is 0.407 e. The lowest BCUT2D eigenvalue weighted by Gasteiger charge is -2.13. The first-order valence-electron chi connectivity index (χ1n) is 8.11. The molecule has 0 bridgehead atoms. The minimum Gasteiger partial charge on any atom is -0.497 e. The number of aromatic nitrogens is 5. The second-order valence-corrected chi connectivity index (χ2v) is 5.96. The van der Waals surface area contributed by atoms with Gasteiger partial charge in [0.05, 0.1) is 19.0 Å². The molecule has 3 heterocycles. The van der Waals surface area contributed by atoms with E-state index >= 15 is 0 Å². The molecule has 134 valence electrons. The van der Waals surface area contributed by atoms with Crippen LogP contribution in [0.1, 0.15) is 6.42 Å². The number of fused-ring (bicyclic) bond motifs is 1. The summed E-state index contributed by atoms with van der Waals surface area (Å²) in [6.07, 6.45) is 1.40. The number of carbonyl (C=O) groups is 1. The van der Waals surface area contributed by atoms with Gasteiger partial charge in [-0.2, -0.15) is 9.67 Å². The van der Waals surface area contributed by atoms with E-state index in [0.29, 0.717) is 36.6 Å². The standard InChI is InChI=1S/C16H17N7O3/c1-26-12-4-2-11(3-5-12)23-14-13(20-21-23)8-17-15(19-14)18-10-6-7-22(9-10)16(24)25/h2-5,8,10H,6-7,9H2,1H3,(H,24,25)(H,17,18,19)/t10-/m1/s1. The maximum atomic E-state index is 11.0. The van der Waals surface area contributed by atoms with Crippen molar-refractivity contribution >= 4 is 23.2 Å². The van der Waals surface area contributed by atoms with Crippen molar-refractivity contribution in [2.75, 3.05) is 25.5 Å². The summed E-state index contributed by atoms with van der Waals surface area (Å²) in [7, 11) is 1.61. The van der Waals surface area contributed by atoms with Crippen molar-refractivity contribution in [3.8, 4) is 11.4 Å². The van der Waals surface area contributed by atoms with Crippen LogP contribution in [0.3, 0.4) is 0 Å². The van der Waals surface area contributed by atoms with E-state index in [9.17, 15) is 4.79 Å². The molecule has 2 N–H and O–H groups in total. The average molecular weight is 355 g/mol. The summed E-state index contributed by atoms with van der Waals surface area (Å²) >= 11 is 0. The first-order valence-corrected chi connectivity index (χ1v) is 8.11. The largest absolute Gasteiger partial charge is 0.497 e. The van der Waals surface area contributed by atoms with Crippen molar-refractivity contribution in [2.45, 2.75) is 12.5 Å². The lowest BCUT2D eigenvalue weighted by Crippen LogP contribution is -2.30. The van der Waals surface area contributed by atoms with E-state index in [2.05, 4.69) is 25.6 Å². The minimum absolute atomic E-state index is 0.0196. The van der Waals surface area contributed by atoms with Gasteiger partial charge in [0, 0.05) is 19.1 Å². The van der Waals surface area contributed by atoms with Gasteiger partial charge in [-0.25, -0.2) is 9.78 Å². The molecule has 0 aliphatic carbocycles. The number of rotatable bonds is 4. The maximum absolute atomic E-state index is 11.0. The third kappa shape index (κ3) is 2.96. The van der Waals surface area contributed by atoms with Crippen LogP contribution in [-0.2, 0) is 0 Å². The fourth-order valence-electron chi connectivity index (χ4n) is 2.93. The Labute approximate surface area is 148 Å². The Morgan fingerprint density at radius 2 is 2.15 bits per heavy atom. The molecule has 0 radical (unpaired) electrons. The van der Waals surface area contributed by atoms with Gasteiger partial charge in [0.15, 0.2) is 11.2 Å². The Bertz CT molecular complexity index is 941. The maximum Gasteiger partial charge on any atom is 0.407 e. The zero-order chi connectivity index (χ0) is 18.1. The summed E-state index contributed by atoms with van der Waals surface area (Å²) in [6.45, 7) is 0.910. The first-order chi connectivity index (χ1) is 12.6. The highest BCUT2D eigenvalue weighted by atomic mass is 16.5. The van der Waals surface area contributed by atoms with Crippen LogP contribution in [0.2, 0.25) is 0 Å². The fraction of sp³-hybridized carbons (Fsp3) is 0.312. The number of carboxylic acid groups (broad SMARTS) is 1. The van der Waals surface area contributed by atoms with Gasteiger partial charge in [-0.05, 0) is 30.7 Å². The number of nitrogens with one attached hydrogen (secondary N) is 1. The van der Waals surface area contributed by atoms with Gasteiger partial charge in [-0.3, -0.25) is 0 Å². The van der Waals surface area contributed by atoms with Gasteiger partial charge >= 0.3 is 6.09 Å². The van der Waals surface area contributed by atoms with Crippen molar-refractivity contribution in [1.29, 1.82) is 0 Å². The molecule has 1 atom stereocenters. The number of amides is 1. The normalized spacial score (nSPS) is 16.8. The number of benzene rings is 1. The monoisotopic (exact) mass is 355 g/mol. The molecular weight excluding hydrogens is 338 g/mol. The Morgan fingerprint density at radius 1 is 1.35 bits per heavy atom. The number of nitrogens with zero attached hydrogens (tertiary/aromatic N) is 6. The molecule has 1 aliphatic rings. The van der Waals surface area contributed by atoms with Gasteiger partial charge < -0.3 is 20.1 Å². The molecule has 26 heavy (non-hydrogen) atoms. The topological polar surface area (TPSA) is 118 Å². The minimum atomic E-state index is -0.910. The van der Waals surface area contributed by atoms with Crippen molar-refractivity contribution in [2.24, 2.45) is 0 Å². The van der Waals surface area contributed by atoms with Gasteiger partial charge in [0.2, 0.25) is 5.95 Å². The average Bonchev–Trinajstić information content (AvgIpc) is 3.29. The highest BCUT2D eigenvalue weighted by molar-refractivity contribution is 5.72. The summed E-state index contributed by atoms with van der Waals surface area (Å²) in [4.78, 5) is 21.2. The molecule has 1 saturated heterocycles. The predicted molar refractivity (Wildman–Crippen MR) is 92.6 cm³/mol. The van der Waals surface area contributed by atoms with Crippen LogP contribution in [0.15, 0.2) is 30.5 Å². The Hall–Kier alpha value is -3.43. The van der Waals surface area contributed by atoms with Crippen LogP contribution in [0.25, 0.3) is 16.9 Å². The van der Waals surface area contributed by atoms with Gasteiger partial charge in [-0.15, -0.1) is 5.10 Å². The molecule has 1 fully saturated rings. The number of methoxy groups -OCH3 is 1. The van der Waals surface area contributed by atoms with Crippen LogP contribution >= 0.6 is 0 Å². The van der Waals surface area contributed by atoms with Gasteiger partial charge in [-0.1, -0.05) is 5.21 Å². The molecule has 0 saturated carbocycles. The second-order valence-electron chi connectivity index (χ2n) is 5.96. The van der Waals surface area contributed by atoms with E-state index in [-0.39, 0.29) is 6.04 Å². The van der Waals surface area contributed by atoms with E-state index < -0.39 is 6.09 Å². The molecule has 1 amide bonds. The summed E-state index contributed by atoms with van der Waals surface area (Å²) in [5.41, 5.74) is 1.95. The number of ether oxygens (including phenoxy) is 1. The number of anilines is 1. The summed E-state index contributed by atoms with van der Waals surface area (Å²) in [5, 5.41) is 20.5. The Balaban J connectivity index is 1.59. The van der Waals surface area contributed by atoms with Crippen molar-refractivity contribution < 1.29 is 14.6 Å². The summed E-state index contributed by atoms with van der Waals surface area (Å²) in [5.74, 6) is 1.17. The van der Waals surface area contributed by atoms with E-state index in [1.54, 1.807) is 18.0 Å². The van der Waals surface area contributed by atoms with E-state index in [4.69, 9.17) is 9.84 Å². The molecule has 2 aromatic heterocycles. The number of hydrogen-bond donors (Lipinski definition) is 2. The second kappa shape index (κ2) is 6.47. The highest BCUT2D eigenvalue weighted by Gasteiger charge is 2.26. The summed E-state index contributed by atoms with van der Waals surface area (Å²) < 4.78 is 6.79.